The first-order valence-corrected chi connectivity index (χ1v) is 9.74. The zero-order valence-electron chi connectivity index (χ0n) is 16.0. The molecule has 1 atom stereocenters. The summed E-state index contributed by atoms with van der Waals surface area (Å²) >= 11 is 0. The number of aryl methyl sites for hydroxylation is 1. The maximum absolute atomic E-state index is 9.39. The molecule has 0 aliphatic rings. The lowest BCUT2D eigenvalue weighted by Crippen LogP contribution is -2.08. The fourth-order valence-corrected chi connectivity index (χ4v) is 3.17. The zero-order valence-corrected chi connectivity index (χ0v) is 16.0. The summed E-state index contributed by atoms with van der Waals surface area (Å²) in [7, 11) is 0. The molecule has 0 aliphatic carbocycles. The average molecular weight is 360 g/mol. The summed E-state index contributed by atoms with van der Waals surface area (Å²) in [5, 5.41) is 9.39. The Morgan fingerprint density at radius 3 is 2.04 bits per heavy atom. The highest BCUT2D eigenvalue weighted by molar-refractivity contribution is 5.64. The maximum atomic E-state index is 9.39. The van der Waals surface area contributed by atoms with Crippen LogP contribution in [0.2, 0.25) is 0 Å². The third-order valence-corrected chi connectivity index (χ3v) is 4.86. The van der Waals surface area contributed by atoms with Gasteiger partial charge in [-0.05, 0) is 60.6 Å². The van der Waals surface area contributed by atoms with E-state index in [-0.39, 0.29) is 0 Å². The standard InChI is InChI=1S/C25H28O2/c1-20(27-19-22-9-3-2-4-10-22)7-5-6-8-21-11-13-23(14-12-21)24-15-17-25(26)18-16-24/h2-4,9-18,20,26H,5-8,19H2,1H3. The third kappa shape index (κ3) is 6.26. The minimum atomic E-state index is 0.294. The van der Waals surface area contributed by atoms with Crippen molar-refractivity contribution in [3.8, 4) is 16.9 Å². The molecule has 3 aromatic carbocycles. The van der Waals surface area contributed by atoms with Gasteiger partial charge in [0.25, 0.3) is 0 Å². The van der Waals surface area contributed by atoms with E-state index in [1.165, 1.54) is 29.5 Å². The Morgan fingerprint density at radius 1 is 0.741 bits per heavy atom. The van der Waals surface area contributed by atoms with Crippen LogP contribution in [0.1, 0.15) is 37.3 Å². The highest BCUT2D eigenvalue weighted by Gasteiger charge is 2.04. The Bertz CT molecular complexity index is 792. The van der Waals surface area contributed by atoms with Crippen LogP contribution in [0.25, 0.3) is 11.1 Å². The van der Waals surface area contributed by atoms with Gasteiger partial charge in [-0.15, -0.1) is 0 Å². The quantitative estimate of drug-likeness (QED) is 0.449. The van der Waals surface area contributed by atoms with E-state index in [0.717, 1.165) is 18.4 Å². The van der Waals surface area contributed by atoms with Gasteiger partial charge in [0.05, 0.1) is 12.7 Å². The Balaban J connectivity index is 1.37. The second-order valence-corrected chi connectivity index (χ2v) is 7.10. The molecule has 0 saturated heterocycles. The van der Waals surface area contributed by atoms with E-state index >= 15 is 0 Å². The molecule has 140 valence electrons. The first-order chi connectivity index (χ1) is 13.2. The van der Waals surface area contributed by atoms with Crippen LogP contribution in [0, 0.1) is 0 Å². The molecule has 0 amide bonds. The molecular weight excluding hydrogens is 332 g/mol. The summed E-state index contributed by atoms with van der Waals surface area (Å²) in [6.45, 7) is 2.86. The first-order valence-electron chi connectivity index (χ1n) is 9.74. The Morgan fingerprint density at radius 2 is 1.37 bits per heavy atom. The second kappa shape index (κ2) is 9.94. The van der Waals surface area contributed by atoms with Gasteiger partial charge in [-0.1, -0.05) is 73.2 Å². The predicted molar refractivity (Wildman–Crippen MR) is 112 cm³/mol. The number of phenols is 1. The molecule has 1 unspecified atom stereocenters. The number of hydrogen-bond acceptors (Lipinski definition) is 2. The normalized spacial score (nSPS) is 12.0. The van der Waals surface area contributed by atoms with Gasteiger partial charge in [-0.3, -0.25) is 0 Å². The lowest BCUT2D eigenvalue weighted by molar-refractivity contribution is 0.0460. The molecule has 0 heterocycles. The van der Waals surface area contributed by atoms with Gasteiger partial charge < -0.3 is 9.84 Å². The molecule has 0 aromatic heterocycles. The first kappa shape index (κ1) is 19.2. The van der Waals surface area contributed by atoms with E-state index in [1.54, 1.807) is 12.1 Å². The summed E-state index contributed by atoms with van der Waals surface area (Å²) in [4.78, 5) is 0. The molecule has 0 saturated carbocycles. The molecule has 2 heteroatoms. The van der Waals surface area contributed by atoms with Crippen LogP contribution in [0.15, 0.2) is 78.9 Å². The van der Waals surface area contributed by atoms with E-state index < -0.39 is 0 Å². The van der Waals surface area contributed by atoms with E-state index in [2.05, 4.69) is 55.5 Å². The van der Waals surface area contributed by atoms with Gasteiger partial charge >= 0.3 is 0 Å². The molecule has 1 N–H and O–H groups in total. The Labute approximate surface area is 162 Å². The lowest BCUT2D eigenvalue weighted by Gasteiger charge is -2.13. The number of ether oxygens (including phenoxy) is 1. The summed E-state index contributed by atoms with van der Waals surface area (Å²) in [6.07, 6.45) is 4.84. The van der Waals surface area contributed by atoms with Gasteiger partial charge in [0.15, 0.2) is 0 Å². The SMILES string of the molecule is CC(CCCCc1ccc(-c2ccc(O)cc2)cc1)OCc1ccccc1. The second-order valence-electron chi connectivity index (χ2n) is 7.10. The molecule has 3 aromatic rings. The van der Waals surface area contributed by atoms with Crippen LogP contribution in [0.5, 0.6) is 5.75 Å². The summed E-state index contributed by atoms with van der Waals surface area (Å²) in [6, 6.07) is 26.4. The van der Waals surface area contributed by atoms with Crippen LogP contribution in [-0.2, 0) is 17.8 Å². The number of phenolic OH excluding ortho intramolecular Hbond substituents is 1. The topological polar surface area (TPSA) is 29.5 Å². The average Bonchev–Trinajstić information content (AvgIpc) is 2.71. The molecule has 0 radical (unpaired) electrons. The van der Waals surface area contributed by atoms with Crippen molar-refractivity contribution in [3.63, 3.8) is 0 Å². The van der Waals surface area contributed by atoms with Crippen molar-refractivity contribution in [1.29, 1.82) is 0 Å². The fraction of sp³-hybridized carbons (Fsp3) is 0.280. The van der Waals surface area contributed by atoms with E-state index in [4.69, 9.17) is 4.74 Å². The van der Waals surface area contributed by atoms with Crippen molar-refractivity contribution >= 4 is 0 Å². The predicted octanol–water partition coefficient (Wildman–Crippen LogP) is 6.38. The highest BCUT2D eigenvalue weighted by atomic mass is 16.5. The van der Waals surface area contributed by atoms with Gasteiger partial charge in [0, 0.05) is 0 Å². The van der Waals surface area contributed by atoms with Gasteiger partial charge in [0.2, 0.25) is 0 Å². The van der Waals surface area contributed by atoms with Gasteiger partial charge in [-0.25, -0.2) is 0 Å². The van der Waals surface area contributed by atoms with Gasteiger partial charge in [-0.2, -0.15) is 0 Å². The van der Waals surface area contributed by atoms with Crippen LogP contribution in [0.4, 0.5) is 0 Å². The van der Waals surface area contributed by atoms with Gasteiger partial charge in [0.1, 0.15) is 5.75 Å². The summed E-state index contributed by atoms with van der Waals surface area (Å²) < 4.78 is 5.94. The van der Waals surface area contributed by atoms with Crippen molar-refractivity contribution < 1.29 is 9.84 Å². The number of unbranched alkanes of at least 4 members (excludes halogenated alkanes) is 1. The molecule has 0 spiro atoms. The highest BCUT2D eigenvalue weighted by Crippen LogP contribution is 2.22. The van der Waals surface area contributed by atoms with Crippen LogP contribution in [-0.4, -0.2) is 11.2 Å². The molecule has 3 rings (SSSR count). The monoisotopic (exact) mass is 360 g/mol. The number of rotatable bonds is 9. The van der Waals surface area contributed by atoms with Crippen molar-refractivity contribution in [1.82, 2.24) is 0 Å². The molecular formula is C25H28O2. The van der Waals surface area contributed by atoms with Crippen LogP contribution in [0.3, 0.4) is 0 Å². The molecule has 0 aliphatic heterocycles. The lowest BCUT2D eigenvalue weighted by atomic mass is 10.0. The number of hydrogen-bond donors (Lipinski definition) is 1. The zero-order chi connectivity index (χ0) is 18.9. The smallest absolute Gasteiger partial charge is 0.115 e. The van der Waals surface area contributed by atoms with Crippen molar-refractivity contribution in [2.24, 2.45) is 0 Å². The molecule has 0 bridgehead atoms. The maximum Gasteiger partial charge on any atom is 0.115 e. The Hall–Kier alpha value is -2.58. The number of aromatic hydroxyl groups is 1. The molecule has 0 fully saturated rings. The van der Waals surface area contributed by atoms with E-state index in [0.29, 0.717) is 18.5 Å². The summed E-state index contributed by atoms with van der Waals surface area (Å²) in [5.74, 6) is 0.303. The number of benzene rings is 3. The van der Waals surface area contributed by atoms with E-state index in [1.807, 2.05) is 18.2 Å². The van der Waals surface area contributed by atoms with Crippen LogP contribution < -0.4 is 0 Å². The summed E-state index contributed by atoms with van der Waals surface area (Å²) in [5.41, 5.74) is 4.92. The van der Waals surface area contributed by atoms with Crippen LogP contribution >= 0.6 is 0 Å². The molecule has 2 nitrogen and oxygen atoms in total. The largest absolute Gasteiger partial charge is 0.508 e. The minimum absolute atomic E-state index is 0.294. The Kier molecular flexibility index (Phi) is 7.06. The van der Waals surface area contributed by atoms with E-state index in [9.17, 15) is 5.11 Å². The third-order valence-electron chi connectivity index (χ3n) is 4.86. The minimum Gasteiger partial charge on any atom is -0.508 e. The van der Waals surface area contributed by atoms with Crippen molar-refractivity contribution in [3.05, 3.63) is 90.0 Å². The van der Waals surface area contributed by atoms with Crippen molar-refractivity contribution in [2.75, 3.05) is 0 Å². The fourth-order valence-electron chi connectivity index (χ4n) is 3.17. The van der Waals surface area contributed by atoms with Crippen molar-refractivity contribution in [2.45, 2.75) is 45.3 Å². The molecule has 27 heavy (non-hydrogen) atoms.